The van der Waals surface area contributed by atoms with Crippen LogP contribution in [-0.2, 0) is 17.5 Å². The number of alkyl halides is 3. The van der Waals surface area contributed by atoms with Crippen molar-refractivity contribution in [2.45, 2.75) is 57.5 Å². The Labute approximate surface area is 189 Å². The topological polar surface area (TPSA) is 76.4 Å². The number of aromatic nitrogens is 2. The van der Waals surface area contributed by atoms with Crippen molar-refractivity contribution in [2.24, 2.45) is 0 Å². The summed E-state index contributed by atoms with van der Waals surface area (Å²) in [6.45, 7) is 2.92. The molecule has 6 nitrogen and oxygen atoms in total. The molecule has 0 radical (unpaired) electrons. The number of carbonyl (C=O) groups is 1. The second kappa shape index (κ2) is 9.52. The summed E-state index contributed by atoms with van der Waals surface area (Å²) in [6, 6.07) is 10.1. The van der Waals surface area contributed by atoms with Gasteiger partial charge in [0, 0.05) is 18.2 Å². The zero-order valence-electron chi connectivity index (χ0n) is 18.2. The first-order valence-corrected chi connectivity index (χ1v) is 11.0. The van der Waals surface area contributed by atoms with Gasteiger partial charge < -0.3 is 14.4 Å². The molecule has 1 saturated carbocycles. The number of nitrogens with one attached hydrogen (secondary N) is 1. The molecule has 0 spiro atoms. The van der Waals surface area contributed by atoms with Gasteiger partial charge in [-0.25, -0.2) is 4.98 Å². The highest BCUT2D eigenvalue weighted by Gasteiger charge is 2.31. The van der Waals surface area contributed by atoms with Crippen LogP contribution in [-0.4, -0.2) is 33.3 Å². The molecule has 4 rings (SSSR count). The Morgan fingerprint density at radius 3 is 2.64 bits per heavy atom. The highest BCUT2D eigenvalue weighted by atomic mass is 19.4. The van der Waals surface area contributed by atoms with Gasteiger partial charge in [-0.3, -0.25) is 10.1 Å². The molecule has 0 aliphatic heterocycles. The van der Waals surface area contributed by atoms with Crippen molar-refractivity contribution in [1.82, 2.24) is 9.55 Å². The highest BCUT2D eigenvalue weighted by Crippen LogP contribution is 2.35. The van der Waals surface area contributed by atoms with Gasteiger partial charge in [0.2, 0.25) is 5.95 Å². The Morgan fingerprint density at radius 2 is 1.94 bits per heavy atom. The molecule has 1 aliphatic carbocycles. The molecular formula is C24H26F3N3O3. The fraction of sp³-hybridized carbons (Fsp3) is 0.417. The van der Waals surface area contributed by atoms with Crippen molar-refractivity contribution < 1.29 is 27.8 Å². The SMILES string of the molecule is CCOCc1ccc2c(c1)nc(NC(=O)c1cccc(C(F)(F)F)c1)n2C1CCC(O)CC1. The van der Waals surface area contributed by atoms with E-state index in [1.807, 2.05) is 29.7 Å². The minimum atomic E-state index is -4.54. The Bertz CT molecular complexity index is 1130. The monoisotopic (exact) mass is 461 g/mol. The number of ether oxygens (including phenoxy) is 1. The van der Waals surface area contributed by atoms with Crippen LogP contribution in [0.5, 0.6) is 0 Å². The van der Waals surface area contributed by atoms with Gasteiger partial charge in [0.1, 0.15) is 0 Å². The lowest BCUT2D eigenvalue weighted by Crippen LogP contribution is -2.24. The molecule has 0 bridgehead atoms. The summed E-state index contributed by atoms with van der Waals surface area (Å²) < 4.78 is 46.6. The van der Waals surface area contributed by atoms with Crippen molar-refractivity contribution in [3.8, 4) is 0 Å². The molecular weight excluding hydrogens is 435 g/mol. The molecule has 9 heteroatoms. The molecule has 3 aromatic rings. The number of hydrogen-bond donors (Lipinski definition) is 2. The number of halogens is 3. The van der Waals surface area contributed by atoms with Gasteiger partial charge in [-0.1, -0.05) is 12.1 Å². The molecule has 0 unspecified atom stereocenters. The zero-order valence-corrected chi connectivity index (χ0v) is 18.2. The van der Waals surface area contributed by atoms with E-state index in [1.165, 1.54) is 12.1 Å². The maximum absolute atomic E-state index is 13.1. The van der Waals surface area contributed by atoms with E-state index in [4.69, 9.17) is 4.74 Å². The lowest BCUT2D eigenvalue weighted by molar-refractivity contribution is -0.137. The van der Waals surface area contributed by atoms with Crippen LogP contribution >= 0.6 is 0 Å². The maximum Gasteiger partial charge on any atom is 0.416 e. The third kappa shape index (κ3) is 5.20. The van der Waals surface area contributed by atoms with E-state index in [9.17, 15) is 23.1 Å². The molecule has 1 aromatic heterocycles. The van der Waals surface area contributed by atoms with Crippen LogP contribution in [0.2, 0.25) is 0 Å². The molecule has 0 saturated heterocycles. The minimum Gasteiger partial charge on any atom is -0.393 e. The number of carbonyl (C=O) groups excluding carboxylic acids is 1. The molecule has 1 aliphatic rings. The van der Waals surface area contributed by atoms with Crippen molar-refractivity contribution in [3.63, 3.8) is 0 Å². The van der Waals surface area contributed by atoms with Crippen LogP contribution in [0.4, 0.5) is 19.1 Å². The first-order chi connectivity index (χ1) is 15.8. The smallest absolute Gasteiger partial charge is 0.393 e. The second-order valence-electron chi connectivity index (χ2n) is 8.26. The zero-order chi connectivity index (χ0) is 23.6. The predicted molar refractivity (Wildman–Crippen MR) is 118 cm³/mol. The van der Waals surface area contributed by atoms with Crippen LogP contribution in [0.3, 0.4) is 0 Å². The highest BCUT2D eigenvalue weighted by molar-refractivity contribution is 6.04. The Kier molecular flexibility index (Phi) is 6.71. The maximum atomic E-state index is 13.1. The number of benzene rings is 2. The summed E-state index contributed by atoms with van der Waals surface area (Å²) >= 11 is 0. The van der Waals surface area contributed by atoms with E-state index >= 15 is 0 Å². The summed E-state index contributed by atoms with van der Waals surface area (Å²) in [7, 11) is 0. The van der Waals surface area contributed by atoms with Gasteiger partial charge in [0.05, 0.1) is 29.3 Å². The van der Waals surface area contributed by atoms with E-state index in [1.54, 1.807) is 0 Å². The summed E-state index contributed by atoms with van der Waals surface area (Å²) in [4.78, 5) is 17.5. The van der Waals surface area contributed by atoms with Crippen LogP contribution in [0, 0.1) is 0 Å². The summed E-state index contributed by atoms with van der Waals surface area (Å²) in [5, 5.41) is 12.6. The largest absolute Gasteiger partial charge is 0.416 e. The number of hydrogen-bond acceptors (Lipinski definition) is 4. The van der Waals surface area contributed by atoms with E-state index < -0.39 is 17.6 Å². The quantitative estimate of drug-likeness (QED) is 0.521. The number of aliphatic hydroxyl groups excluding tert-OH is 1. The van der Waals surface area contributed by atoms with E-state index in [0.717, 1.165) is 23.2 Å². The number of nitrogens with zero attached hydrogens (tertiary/aromatic N) is 2. The number of rotatable bonds is 6. The van der Waals surface area contributed by atoms with Crippen LogP contribution in [0.25, 0.3) is 11.0 Å². The molecule has 2 aromatic carbocycles. The summed E-state index contributed by atoms with van der Waals surface area (Å²) in [5.41, 5.74) is 1.43. The van der Waals surface area contributed by atoms with E-state index in [-0.39, 0.29) is 23.7 Å². The molecule has 1 fully saturated rings. The minimum absolute atomic E-state index is 0.00736. The Morgan fingerprint density at radius 1 is 1.18 bits per heavy atom. The Balaban J connectivity index is 1.69. The van der Waals surface area contributed by atoms with Crippen molar-refractivity contribution in [2.75, 3.05) is 11.9 Å². The number of amides is 1. The van der Waals surface area contributed by atoms with E-state index in [0.29, 0.717) is 44.4 Å². The molecule has 0 atom stereocenters. The summed E-state index contributed by atoms with van der Waals surface area (Å²) in [5.74, 6) is -0.384. The lowest BCUT2D eigenvalue weighted by atomic mass is 9.93. The fourth-order valence-electron chi connectivity index (χ4n) is 4.24. The van der Waals surface area contributed by atoms with Gasteiger partial charge in [-0.05, 0) is 68.5 Å². The molecule has 2 N–H and O–H groups in total. The standard InChI is InChI=1S/C24H26F3N3O3/c1-2-33-14-15-6-11-21-20(12-15)28-23(30(21)18-7-9-19(31)10-8-18)29-22(32)16-4-3-5-17(13-16)24(25,26)27/h3-6,11-13,18-19,31H,2,7-10,14H2,1H3,(H,28,29,32). The average molecular weight is 461 g/mol. The van der Waals surface area contributed by atoms with Crippen molar-refractivity contribution >= 4 is 22.9 Å². The second-order valence-corrected chi connectivity index (χ2v) is 8.26. The Hall–Kier alpha value is -2.91. The molecule has 33 heavy (non-hydrogen) atoms. The fourth-order valence-corrected chi connectivity index (χ4v) is 4.24. The first-order valence-electron chi connectivity index (χ1n) is 11.0. The van der Waals surface area contributed by atoms with E-state index in [2.05, 4.69) is 10.3 Å². The third-order valence-electron chi connectivity index (χ3n) is 5.94. The number of imidazole rings is 1. The van der Waals surface area contributed by atoms with Crippen LogP contribution in [0.15, 0.2) is 42.5 Å². The van der Waals surface area contributed by atoms with Gasteiger partial charge in [-0.2, -0.15) is 13.2 Å². The summed E-state index contributed by atoms with van der Waals surface area (Å²) in [6.07, 6.45) is -2.21. The predicted octanol–water partition coefficient (Wildman–Crippen LogP) is 5.32. The normalized spacial score (nSPS) is 19.1. The van der Waals surface area contributed by atoms with Gasteiger partial charge in [-0.15, -0.1) is 0 Å². The van der Waals surface area contributed by atoms with Crippen LogP contribution in [0.1, 0.15) is 60.1 Å². The van der Waals surface area contributed by atoms with Gasteiger partial charge in [0.15, 0.2) is 0 Å². The van der Waals surface area contributed by atoms with Gasteiger partial charge in [0.25, 0.3) is 5.91 Å². The lowest BCUT2D eigenvalue weighted by Gasteiger charge is -2.28. The van der Waals surface area contributed by atoms with Crippen molar-refractivity contribution in [1.29, 1.82) is 0 Å². The van der Waals surface area contributed by atoms with Crippen molar-refractivity contribution in [3.05, 3.63) is 59.2 Å². The molecule has 1 amide bonds. The van der Waals surface area contributed by atoms with Gasteiger partial charge >= 0.3 is 6.18 Å². The number of anilines is 1. The average Bonchev–Trinajstić information content (AvgIpc) is 3.14. The molecule has 176 valence electrons. The third-order valence-corrected chi connectivity index (χ3v) is 5.94. The molecule has 1 heterocycles. The van der Waals surface area contributed by atoms with Crippen LogP contribution < -0.4 is 5.32 Å². The number of fused-ring (bicyclic) bond motifs is 1. The first kappa shape index (κ1) is 23.3. The number of aliphatic hydroxyl groups is 1.